The molecule has 1 saturated carbocycles. The van der Waals surface area contributed by atoms with E-state index in [-0.39, 0.29) is 6.61 Å². The van der Waals surface area contributed by atoms with E-state index >= 15 is 0 Å². The minimum atomic E-state index is 0.238. The van der Waals surface area contributed by atoms with Gasteiger partial charge in [-0.1, -0.05) is 13.8 Å². The molecule has 1 heterocycles. The van der Waals surface area contributed by atoms with Crippen LogP contribution in [-0.2, 0) is 0 Å². The maximum Gasteiger partial charge on any atom is 0.136 e. The standard InChI is InChI=1S/C16H28N4O/c1-4-8-17-14-12(3)15(18-10-11(2)7-9-21)20-16(19-14)13-5-6-13/h11,13,21H,4-10H2,1-3H3,(H2,17,18,19,20). The molecule has 0 spiro atoms. The van der Waals surface area contributed by atoms with E-state index in [2.05, 4.69) is 31.4 Å². The molecule has 1 fully saturated rings. The number of anilines is 2. The van der Waals surface area contributed by atoms with E-state index in [9.17, 15) is 0 Å². The highest BCUT2D eigenvalue weighted by atomic mass is 16.3. The molecular formula is C16H28N4O. The minimum absolute atomic E-state index is 0.238. The second-order valence-electron chi connectivity index (χ2n) is 6.10. The van der Waals surface area contributed by atoms with Gasteiger partial charge in [0, 0.05) is 31.2 Å². The Balaban J connectivity index is 2.11. The molecule has 0 radical (unpaired) electrons. The molecule has 2 rings (SSSR count). The monoisotopic (exact) mass is 292 g/mol. The smallest absolute Gasteiger partial charge is 0.136 e. The van der Waals surface area contributed by atoms with Crippen LogP contribution >= 0.6 is 0 Å². The highest BCUT2D eigenvalue weighted by Gasteiger charge is 2.28. The zero-order chi connectivity index (χ0) is 15.2. The van der Waals surface area contributed by atoms with E-state index in [1.54, 1.807) is 0 Å². The SMILES string of the molecule is CCCNc1nc(C2CC2)nc(NCC(C)CCO)c1C. The number of nitrogens with one attached hydrogen (secondary N) is 2. The van der Waals surface area contributed by atoms with Gasteiger partial charge in [0.1, 0.15) is 17.5 Å². The van der Waals surface area contributed by atoms with E-state index in [0.29, 0.717) is 11.8 Å². The quantitative estimate of drug-likeness (QED) is 0.653. The van der Waals surface area contributed by atoms with Crippen molar-refractivity contribution in [2.24, 2.45) is 5.92 Å². The Bertz CT molecular complexity index is 460. The van der Waals surface area contributed by atoms with Crippen molar-refractivity contribution in [3.63, 3.8) is 0 Å². The summed E-state index contributed by atoms with van der Waals surface area (Å²) in [5.41, 5.74) is 1.09. The fraction of sp³-hybridized carbons (Fsp3) is 0.750. The van der Waals surface area contributed by atoms with Crippen LogP contribution in [0.5, 0.6) is 0 Å². The second kappa shape index (κ2) is 7.59. The van der Waals surface area contributed by atoms with E-state index in [1.807, 2.05) is 0 Å². The number of aliphatic hydroxyl groups excluding tert-OH is 1. The average molecular weight is 292 g/mol. The summed E-state index contributed by atoms with van der Waals surface area (Å²) in [6, 6.07) is 0. The molecule has 0 amide bonds. The van der Waals surface area contributed by atoms with Crippen molar-refractivity contribution in [1.82, 2.24) is 9.97 Å². The zero-order valence-corrected chi connectivity index (χ0v) is 13.4. The van der Waals surface area contributed by atoms with Crippen LogP contribution in [0.1, 0.15) is 56.8 Å². The predicted octanol–water partition coefficient (Wildman–Crippen LogP) is 2.91. The Morgan fingerprint density at radius 3 is 2.48 bits per heavy atom. The molecule has 118 valence electrons. The van der Waals surface area contributed by atoms with Gasteiger partial charge in [-0.15, -0.1) is 0 Å². The topological polar surface area (TPSA) is 70.1 Å². The Morgan fingerprint density at radius 1 is 1.24 bits per heavy atom. The molecule has 0 aromatic carbocycles. The third-order valence-electron chi connectivity index (χ3n) is 3.89. The van der Waals surface area contributed by atoms with Crippen molar-refractivity contribution < 1.29 is 5.11 Å². The number of nitrogens with zero attached hydrogens (tertiary/aromatic N) is 2. The lowest BCUT2D eigenvalue weighted by molar-refractivity contribution is 0.266. The highest BCUT2D eigenvalue weighted by Crippen LogP contribution is 2.39. The van der Waals surface area contributed by atoms with Gasteiger partial charge in [0.15, 0.2) is 0 Å². The van der Waals surface area contributed by atoms with Crippen LogP contribution in [0.15, 0.2) is 0 Å². The Kier molecular flexibility index (Phi) is 5.79. The van der Waals surface area contributed by atoms with Crippen LogP contribution in [0, 0.1) is 12.8 Å². The number of aromatic nitrogens is 2. The summed E-state index contributed by atoms with van der Waals surface area (Å²) in [7, 11) is 0. The molecule has 0 aliphatic heterocycles. The predicted molar refractivity (Wildman–Crippen MR) is 86.9 cm³/mol. The maximum atomic E-state index is 8.99. The van der Waals surface area contributed by atoms with Gasteiger partial charge in [-0.05, 0) is 38.5 Å². The lowest BCUT2D eigenvalue weighted by atomic mass is 10.1. The molecule has 5 nitrogen and oxygen atoms in total. The van der Waals surface area contributed by atoms with Crippen LogP contribution < -0.4 is 10.6 Å². The van der Waals surface area contributed by atoms with Gasteiger partial charge in [0.2, 0.25) is 0 Å². The van der Waals surface area contributed by atoms with Crippen LogP contribution in [-0.4, -0.2) is 34.8 Å². The van der Waals surface area contributed by atoms with E-state index in [4.69, 9.17) is 15.1 Å². The molecule has 21 heavy (non-hydrogen) atoms. The fourth-order valence-electron chi connectivity index (χ4n) is 2.24. The maximum absolute atomic E-state index is 8.99. The summed E-state index contributed by atoms with van der Waals surface area (Å²) in [5, 5.41) is 15.8. The summed E-state index contributed by atoms with van der Waals surface area (Å²) >= 11 is 0. The van der Waals surface area contributed by atoms with Crippen molar-refractivity contribution in [1.29, 1.82) is 0 Å². The van der Waals surface area contributed by atoms with Crippen molar-refractivity contribution in [3.05, 3.63) is 11.4 Å². The molecule has 1 aromatic heterocycles. The van der Waals surface area contributed by atoms with Gasteiger partial charge in [-0.2, -0.15) is 0 Å². The number of hydrogen-bond acceptors (Lipinski definition) is 5. The first-order valence-electron chi connectivity index (χ1n) is 8.12. The van der Waals surface area contributed by atoms with E-state index in [0.717, 1.165) is 49.0 Å². The first kappa shape index (κ1) is 16.0. The van der Waals surface area contributed by atoms with Crippen LogP contribution in [0.2, 0.25) is 0 Å². The lowest BCUT2D eigenvalue weighted by Gasteiger charge is -2.17. The number of hydrogen-bond donors (Lipinski definition) is 3. The summed E-state index contributed by atoms with van der Waals surface area (Å²) in [6.45, 7) is 8.35. The largest absolute Gasteiger partial charge is 0.396 e. The molecule has 1 aromatic rings. The molecule has 0 saturated heterocycles. The summed E-state index contributed by atoms with van der Waals surface area (Å²) in [5.74, 6) is 3.85. The Labute approximate surface area is 127 Å². The van der Waals surface area contributed by atoms with Gasteiger partial charge in [-0.3, -0.25) is 0 Å². The van der Waals surface area contributed by atoms with Gasteiger partial charge >= 0.3 is 0 Å². The van der Waals surface area contributed by atoms with Gasteiger partial charge < -0.3 is 15.7 Å². The van der Waals surface area contributed by atoms with Crippen molar-refractivity contribution in [2.75, 3.05) is 30.3 Å². The van der Waals surface area contributed by atoms with Crippen molar-refractivity contribution in [2.45, 2.75) is 52.4 Å². The molecule has 3 N–H and O–H groups in total. The summed E-state index contributed by atoms with van der Waals surface area (Å²) in [6.07, 6.45) is 4.30. The second-order valence-corrected chi connectivity index (χ2v) is 6.10. The third kappa shape index (κ3) is 4.56. The van der Waals surface area contributed by atoms with E-state index < -0.39 is 0 Å². The van der Waals surface area contributed by atoms with Crippen molar-refractivity contribution >= 4 is 11.6 Å². The minimum Gasteiger partial charge on any atom is -0.396 e. The first-order chi connectivity index (χ1) is 10.2. The van der Waals surface area contributed by atoms with Crippen molar-refractivity contribution in [3.8, 4) is 0 Å². The van der Waals surface area contributed by atoms with Crippen LogP contribution in [0.25, 0.3) is 0 Å². The molecule has 0 bridgehead atoms. The summed E-state index contributed by atoms with van der Waals surface area (Å²) < 4.78 is 0. The van der Waals surface area contributed by atoms with Gasteiger partial charge in [-0.25, -0.2) is 9.97 Å². The molecule has 1 aliphatic rings. The Morgan fingerprint density at radius 2 is 1.90 bits per heavy atom. The van der Waals surface area contributed by atoms with Gasteiger partial charge in [0.25, 0.3) is 0 Å². The van der Waals surface area contributed by atoms with E-state index in [1.165, 1.54) is 12.8 Å². The zero-order valence-electron chi connectivity index (χ0n) is 13.4. The normalized spacial score (nSPS) is 15.8. The molecule has 5 heteroatoms. The fourth-order valence-corrected chi connectivity index (χ4v) is 2.24. The number of aliphatic hydroxyl groups is 1. The third-order valence-corrected chi connectivity index (χ3v) is 3.89. The molecule has 1 aliphatic carbocycles. The Hall–Kier alpha value is -1.36. The first-order valence-corrected chi connectivity index (χ1v) is 8.12. The molecular weight excluding hydrogens is 264 g/mol. The average Bonchev–Trinajstić information content (AvgIpc) is 3.30. The molecule has 1 unspecified atom stereocenters. The molecule has 1 atom stereocenters. The highest BCUT2D eigenvalue weighted by molar-refractivity contribution is 5.57. The lowest BCUT2D eigenvalue weighted by Crippen LogP contribution is -2.16. The van der Waals surface area contributed by atoms with Crippen LogP contribution in [0.3, 0.4) is 0 Å². The van der Waals surface area contributed by atoms with Gasteiger partial charge in [0.05, 0.1) is 0 Å². The van der Waals surface area contributed by atoms with Crippen LogP contribution in [0.4, 0.5) is 11.6 Å². The number of rotatable bonds is 9. The summed E-state index contributed by atoms with van der Waals surface area (Å²) in [4.78, 5) is 9.40.